The zero-order chi connectivity index (χ0) is 29.0. The van der Waals surface area contributed by atoms with Crippen LogP contribution in [0.15, 0.2) is 58.3 Å². The maximum Gasteiger partial charge on any atom is 0.459 e. The molecule has 216 valence electrons. The van der Waals surface area contributed by atoms with Crippen molar-refractivity contribution >= 4 is 24.5 Å². The van der Waals surface area contributed by atoms with Gasteiger partial charge in [-0.15, -0.1) is 0 Å². The fourth-order valence-corrected chi connectivity index (χ4v) is 5.46. The summed E-state index contributed by atoms with van der Waals surface area (Å²) in [4.78, 5) is 38.0. The number of ether oxygens (including phenoxy) is 2. The van der Waals surface area contributed by atoms with Crippen LogP contribution in [0.5, 0.6) is 5.75 Å². The normalized spacial score (nSPS) is 23.1. The van der Waals surface area contributed by atoms with Gasteiger partial charge in [0.25, 0.3) is 5.56 Å². The van der Waals surface area contributed by atoms with Gasteiger partial charge in [-0.05, 0) is 24.3 Å². The molecule has 0 spiro atoms. The van der Waals surface area contributed by atoms with Crippen LogP contribution in [0.2, 0.25) is 0 Å². The zero-order valence-corrected chi connectivity index (χ0v) is 22.9. The maximum absolute atomic E-state index is 14.0. The molecule has 4 rings (SSSR count). The summed E-state index contributed by atoms with van der Waals surface area (Å²) >= 11 is 0. The van der Waals surface area contributed by atoms with Crippen LogP contribution in [-0.4, -0.2) is 68.5 Å². The summed E-state index contributed by atoms with van der Waals surface area (Å²) in [6.45, 7) is 4.73. The van der Waals surface area contributed by atoms with E-state index in [1.807, 2.05) is 37.0 Å². The molecule has 2 aromatic carbocycles. The largest absolute Gasteiger partial charge is 0.464 e. The maximum atomic E-state index is 14.0. The van der Waals surface area contributed by atoms with Gasteiger partial charge >= 0.3 is 19.4 Å². The fraction of sp³-hybridized carbons (Fsp3) is 0.440. The van der Waals surface area contributed by atoms with Gasteiger partial charge in [-0.3, -0.25) is 19.1 Å². The summed E-state index contributed by atoms with van der Waals surface area (Å²) in [5, 5.41) is 28.7. The highest BCUT2D eigenvalue weighted by molar-refractivity contribution is 7.52. The predicted octanol–water partition coefficient (Wildman–Crippen LogP) is 1.09. The lowest BCUT2D eigenvalue weighted by atomic mass is 10.1. The molecule has 4 N–H and O–H groups in total. The van der Waals surface area contributed by atoms with E-state index in [1.54, 1.807) is 24.3 Å². The molecule has 1 aliphatic heterocycles. The Bertz CT molecular complexity index is 1500. The number of rotatable bonds is 11. The molecule has 6 atom stereocenters. The molecule has 0 aliphatic carbocycles. The van der Waals surface area contributed by atoms with Gasteiger partial charge in [0.2, 0.25) is 0 Å². The Balaban J connectivity index is 1.55. The molecule has 2 unspecified atom stereocenters. The number of aliphatic hydroxyl groups excluding tert-OH is 2. The van der Waals surface area contributed by atoms with Crippen LogP contribution in [0.3, 0.4) is 0 Å². The van der Waals surface area contributed by atoms with Crippen molar-refractivity contribution in [3.8, 4) is 5.75 Å². The van der Waals surface area contributed by atoms with Crippen molar-refractivity contribution in [2.45, 2.75) is 51.4 Å². The van der Waals surface area contributed by atoms with Gasteiger partial charge in [0.1, 0.15) is 36.3 Å². The molecule has 14 nitrogen and oxygen atoms in total. The van der Waals surface area contributed by atoms with Gasteiger partial charge in [-0.2, -0.15) is 14.9 Å². The lowest BCUT2D eigenvalue weighted by molar-refractivity contribution is -0.146. The Hall–Kier alpha value is -3.39. The molecule has 0 amide bonds. The van der Waals surface area contributed by atoms with Crippen LogP contribution in [0.4, 0.5) is 0 Å². The molecule has 3 aromatic rings. The molecular formula is C25H31N4O10P. The van der Waals surface area contributed by atoms with Crippen LogP contribution in [0, 0.1) is 5.92 Å². The number of carbonyl (C=O) groups is 1. The van der Waals surface area contributed by atoms with E-state index >= 15 is 0 Å². The average molecular weight is 579 g/mol. The summed E-state index contributed by atoms with van der Waals surface area (Å²) in [5.74, 6) is -0.405. The smallest absolute Gasteiger partial charge is 0.459 e. The van der Waals surface area contributed by atoms with E-state index in [0.717, 1.165) is 11.6 Å². The Morgan fingerprint density at radius 1 is 1.15 bits per heavy atom. The Labute approximate surface area is 228 Å². The molecular weight excluding hydrogens is 547 g/mol. The summed E-state index contributed by atoms with van der Waals surface area (Å²) in [6.07, 6.45) is -5.19. The van der Waals surface area contributed by atoms with E-state index in [2.05, 4.69) is 10.2 Å². The standard InChI is InChI=1S/C25H31N4O10P/c1-14(2)12-36-24(33)15(3)28-40(35,39-18-10-6-8-16-7-4-5-9-17(16)18)37-13-19-21(31)22(32)23(38-19)29-25(34)27-20(30)11-26-29/h4-11,14-15,19,21-23,31-32H,12-13H2,1-3H3,(H,28,35)(H,27,30,34)/t15-,19+,21?,22?,23+,40-/m0/s1. The minimum Gasteiger partial charge on any atom is -0.464 e. The molecule has 1 saturated heterocycles. The number of hydrogen-bond donors (Lipinski definition) is 4. The first-order chi connectivity index (χ1) is 19.0. The number of carbonyl (C=O) groups excluding carboxylic acids is 1. The number of esters is 1. The first-order valence-corrected chi connectivity index (χ1v) is 14.1. The summed E-state index contributed by atoms with van der Waals surface area (Å²) < 4.78 is 36.9. The first-order valence-electron chi connectivity index (χ1n) is 12.5. The van der Waals surface area contributed by atoms with Crippen LogP contribution < -0.4 is 20.9 Å². The Kier molecular flexibility index (Phi) is 9.19. The molecule has 1 aliphatic rings. The fourth-order valence-electron chi connectivity index (χ4n) is 3.94. The van der Waals surface area contributed by atoms with Gasteiger partial charge < -0.3 is 24.2 Å². The Morgan fingerprint density at radius 2 is 1.88 bits per heavy atom. The van der Waals surface area contributed by atoms with Crippen molar-refractivity contribution in [3.63, 3.8) is 0 Å². The monoisotopic (exact) mass is 578 g/mol. The van der Waals surface area contributed by atoms with E-state index in [9.17, 15) is 29.2 Å². The minimum absolute atomic E-state index is 0.0796. The topological polar surface area (TPSA) is 191 Å². The van der Waals surface area contributed by atoms with E-state index in [-0.39, 0.29) is 18.3 Å². The van der Waals surface area contributed by atoms with Crippen molar-refractivity contribution in [1.29, 1.82) is 0 Å². The number of aliphatic hydroxyl groups is 2. The molecule has 15 heteroatoms. The minimum atomic E-state index is -4.36. The number of H-pyrrole nitrogens is 1. The van der Waals surface area contributed by atoms with E-state index < -0.39 is 62.2 Å². The highest BCUT2D eigenvalue weighted by Gasteiger charge is 2.46. The van der Waals surface area contributed by atoms with Crippen LogP contribution in [0.25, 0.3) is 10.8 Å². The summed E-state index contributed by atoms with van der Waals surface area (Å²) in [7, 11) is -4.36. The number of nitrogens with zero attached hydrogens (tertiary/aromatic N) is 2. The summed E-state index contributed by atoms with van der Waals surface area (Å²) in [6, 6.07) is 11.2. The second-order valence-corrected chi connectivity index (χ2v) is 11.4. The van der Waals surface area contributed by atoms with Crippen molar-refractivity contribution < 1.29 is 38.1 Å². The molecule has 1 fully saturated rings. The molecule has 1 aromatic heterocycles. The number of hydrogen-bond acceptors (Lipinski definition) is 11. The number of nitrogens with one attached hydrogen (secondary N) is 2. The number of fused-ring (bicyclic) bond motifs is 1. The van der Waals surface area contributed by atoms with Crippen molar-refractivity contribution in [2.75, 3.05) is 13.2 Å². The third kappa shape index (κ3) is 6.84. The third-order valence-electron chi connectivity index (χ3n) is 5.96. The van der Waals surface area contributed by atoms with Gasteiger partial charge in [-0.1, -0.05) is 50.2 Å². The Morgan fingerprint density at radius 3 is 2.60 bits per heavy atom. The molecule has 0 radical (unpaired) electrons. The molecule has 2 heterocycles. The van der Waals surface area contributed by atoms with Crippen LogP contribution in [-0.2, 0) is 23.4 Å². The summed E-state index contributed by atoms with van der Waals surface area (Å²) in [5.41, 5.74) is -1.72. The van der Waals surface area contributed by atoms with E-state index in [1.165, 1.54) is 6.92 Å². The highest BCUT2D eigenvalue weighted by Crippen LogP contribution is 2.47. The van der Waals surface area contributed by atoms with Crippen molar-refractivity contribution in [1.82, 2.24) is 19.9 Å². The highest BCUT2D eigenvalue weighted by atomic mass is 31.2. The average Bonchev–Trinajstić information content (AvgIpc) is 3.19. The van der Waals surface area contributed by atoms with Gasteiger partial charge in [0.15, 0.2) is 6.23 Å². The second kappa shape index (κ2) is 12.4. The van der Waals surface area contributed by atoms with Gasteiger partial charge in [-0.25, -0.2) is 9.36 Å². The quantitative estimate of drug-likeness (QED) is 0.187. The van der Waals surface area contributed by atoms with Crippen molar-refractivity contribution in [2.24, 2.45) is 5.92 Å². The number of benzene rings is 2. The lowest BCUT2D eigenvalue weighted by Gasteiger charge is -2.25. The van der Waals surface area contributed by atoms with Crippen molar-refractivity contribution in [3.05, 3.63) is 69.5 Å². The lowest BCUT2D eigenvalue weighted by Crippen LogP contribution is -2.39. The molecule has 40 heavy (non-hydrogen) atoms. The predicted molar refractivity (Wildman–Crippen MR) is 142 cm³/mol. The van der Waals surface area contributed by atoms with Crippen LogP contribution >= 0.6 is 7.75 Å². The van der Waals surface area contributed by atoms with E-state index in [0.29, 0.717) is 10.1 Å². The number of aromatic amines is 1. The first kappa shape index (κ1) is 29.6. The van der Waals surface area contributed by atoms with Gasteiger partial charge in [0, 0.05) is 5.39 Å². The zero-order valence-electron chi connectivity index (χ0n) is 22.0. The van der Waals surface area contributed by atoms with Gasteiger partial charge in [0.05, 0.1) is 13.2 Å². The molecule has 0 saturated carbocycles. The van der Waals surface area contributed by atoms with E-state index in [4.69, 9.17) is 18.5 Å². The number of aromatic nitrogens is 3. The SMILES string of the molecule is CC(C)COC(=O)[C@H](C)N[P@](=O)(OC[C@H]1O[C@@H](n2ncc(=O)[nH]c2=O)C(O)C1O)Oc1cccc2ccccc12. The van der Waals surface area contributed by atoms with Crippen LogP contribution in [0.1, 0.15) is 27.0 Å². The molecule has 0 bridgehead atoms. The third-order valence-corrected chi connectivity index (χ3v) is 7.59. The second-order valence-electron chi connectivity index (χ2n) is 9.67.